The molecular weight excluding hydrogens is 240 g/mol. The Kier molecular flexibility index (Phi) is 4.44. The molecule has 0 spiro atoms. The molecule has 0 aliphatic carbocycles. The van der Waals surface area contributed by atoms with E-state index in [9.17, 15) is 4.79 Å². The summed E-state index contributed by atoms with van der Waals surface area (Å²) in [6.07, 6.45) is 2.59. The lowest BCUT2D eigenvalue weighted by Crippen LogP contribution is -2.25. The van der Waals surface area contributed by atoms with Crippen molar-refractivity contribution >= 4 is 17.5 Å². The molecule has 0 aliphatic heterocycles. The normalized spacial score (nSPS) is 9.95. The standard InChI is InChI=1S/C14H16N4O/c1-2-9-16-14(19)11-6-5-8-13(17-11)18-12-7-3-4-10-15-12/h3-8,10H,2,9H2,1H3,(H,16,19)(H,15,17,18). The van der Waals surface area contributed by atoms with Gasteiger partial charge in [0.25, 0.3) is 5.91 Å². The van der Waals surface area contributed by atoms with E-state index in [-0.39, 0.29) is 5.91 Å². The van der Waals surface area contributed by atoms with E-state index in [1.165, 1.54) is 0 Å². The number of hydrogen-bond acceptors (Lipinski definition) is 4. The molecule has 5 heteroatoms. The zero-order chi connectivity index (χ0) is 13.5. The van der Waals surface area contributed by atoms with Gasteiger partial charge >= 0.3 is 0 Å². The molecule has 2 aromatic heterocycles. The predicted octanol–water partition coefficient (Wildman–Crippen LogP) is 2.36. The summed E-state index contributed by atoms with van der Waals surface area (Å²) in [6.45, 7) is 2.66. The Hall–Kier alpha value is -2.43. The predicted molar refractivity (Wildman–Crippen MR) is 74.4 cm³/mol. The summed E-state index contributed by atoms with van der Waals surface area (Å²) < 4.78 is 0. The number of rotatable bonds is 5. The molecule has 2 heterocycles. The Labute approximate surface area is 112 Å². The Morgan fingerprint density at radius 1 is 1.16 bits per heavy atom. The first-order valence-corrected chi connectivity index (χ1v) is 6.23. The summed E-state index contributed by atoms with van der Waals surface area (Å²) in [6, 6.07) is 10.8. The van der Waals surface area contributed by atoms with Crippen molar-refractivity contribution in [2.75, 3.05) is 11.9 Å². The van der Waals surface area contributed by atoms with Crippen LogP contribution in [0.1, 0.15) is 23.8 Å². The molecule has 2 rings (SSSR count). The minimum absolute atomic E-state index is 0.161. The van der Waals surface area contributed by atoms with E-state index in [0.717, 1.165) is 6.42 Å². The van der Waals surface area contributed by atoms with Crippen LogP contribution in [0.25, 0.3) is 0 Å². The lowest BCUT2D eigenvalue weighted by atomic mass is 10.3. The minimum Gasteiger partial charge on any atom is -0.351 e. The third-order valence-electron chi connectivity index (χ3n) is 2.44. The van der Waals surface area contributed by atoms with Gasteiger partial charge in [0, 0.05) is 12.7 Å². The van der Waals surface area contributed by atoms with Gasteiger partial charge in [-0.05, 0) is 30.7 Å². The van der Waals surface area contributed by atoms with Gasteiger partial charge in [0.1, 0.15) is 17.3 Å². The summed E-state index contributed by atoms with van der Waals surface area (Å²) in [4.78, 5) is 20.2. The van der Waals surface area contributed by atoms with Gasteiger partial charge < -0.3 is 10.6 Å². The Morgan fingerprint density at radius 3 is 2.74 bits per heavy atom. The number of aromatic nitrogens is 2. The van der Waals surface area contributed by atoms with Gasteiger partial charge in [-0.3, -0.25) is 4.79 Å². The second kappa shape index (κ2) is 6.49. The number of nitrogens with zero attached hydrogens (tertiary/aromatic N) is 2. The average molecular weight is 256 g/mol. The molecule has 0 atom stereocenters. The van der Waals surface area contributed by atoms with Crippen LogP contribution in [0.4, 0.5) is 11.6 Å². The van der Waals surface area contributed by atoms with Crippen molar-refractivity contribution in [1.29, 1.82) is 0 Å². The molecule has 5 nitrogen and oxygen atoms in total. The molecule has 2 aromatic rings. The quantitative estimate of drug-likeness (QED) is 0.861. The van der Waals surface area contributed by atoms with E-state index < -0.39 is 0 Å². The summed E-state index contributed by atoms with van der Waals surface area (Å²) >= 11 is 0. The van der Waals surface area contributed by atoms with Crippen LogP contribution in [0.15, 0.2) is 42.6 Å². The van der Waals surface area contributed by atoms with E-state index in [0.29, 0.717) is 23.9 Å². The van der Waals surface area contributed by atoms with Gasteiger partial charge in [0.2, 0.25) is 0 Å². The first-order chi connectivity index (χ1) is 9.29. The van der Waals surface area contributed by atoms with Crippen LogP contribution in [0.3, 0.4) is 0 Å². The second-order valence-electron chi connectivity index (χ2n) is 4.00. The van der Waals surface area contributed by atoms with Crippen LogP contribution in [-0.4, -0.2) is 22.4 Å². The summed E-state index contributed by atoms with van der Waals surface area (Å²) in [5.74, 6) is 1.13. The largest absolute Gasteiger partial charge is 0.351 e. The zero-order valence-corrected chi connectivity index (χ0v) is 10.8. The van der Waals surface area contributed by atoms with Crippen molar-refractivity contribution in [3.05, 3.63) is 48.3 Å². The maximum Gasteiger partial charge on any atom is 0.269 e. The number of anilines is 2. The molecule has 0 radical (unpaired) electrons. The van der Waals surface area contributed by atoms with Crippen LogP contribution in [0.5, 0.6) is 0 Å². The molecule has 0 bridgehead atoms. The number of pyridine rings is 2. The summed E-state index contributed by atoms with van der Waals surface area (Å²) in [7, 11) is 0. The zero-order valence-electron chi connectivity index (χ0n) is 10.8. The molecule has 1 amide bonds. The number of carbonyl (C=O) groups excluding carboxylic acids is 1. The van der Waals surface area contributed by atoms with Gasteiger partial charge in [-0.25, -0.2) is 9.97 Å². The summed E-state index contributed by atoms with van der Waals surface area (Å²) in [5, 5.41) is 5.85. The lowest BCUT2D eigenvalue weighted by molar-refractivity contribution is 0.0949. The van der Waals surface area contributed by atoms with Crippen molar-refractivity contribution in [3.8, 4) is 0 Å². The van der Waals surface area contributed by atoms with Crippen molar-refractivity contribution in [3.63, 3.8) is 0 Å². The number of hydrogen-bond donors (Lipinski definition) is 2. The lowest BCUT2D eigenvalue weighted by Gasteiger charge is -2.07. The second-order valence-corrected chi connectivity index (χ2v) is 4.00. The SMILES string of the molecule is CCCNC(=O)c1cccc(Nc2ccccn2)n1. The van der Waals surface area contributed by atoms with E-state index in [1.54, 1.807) is 24.4 Å². The highest BCUT2D eigenvalue weighted by molar-refractivity contribution is 5.92. The van der Waals surface area contributed by atoms with Gasteiger partial charge in [0.05, 0.1) is 0 Å². The van der Waals surface area contributed by atoms with Crippen LogP contribution in [0, 0.1) is 0 Å². The molecular formula is C14H16N4O. The topological polar surface area (TPSA) is 66.9 Å². The first kappa shape index (κ1) is 13.0. The van der Waals surface area contributed by atoms with Crippen molar-refractivity contribution in [1.82, 2.24) is 15.3 Å². The van der Waals surface area contributed by atoms with Gasteiger partial charge in [-0.1, -0.05) is 19.1 Å². The average Bonchev–Trinajstić information content (AvgIpc) is 2.46. The van der Waals surface area contributed by atoms with Gasteiger partial charge in [-0.2, -0.15) is 0 Å². The van der Waals surface area contributed by atoms with E-state index in [2.05, 4.69) is 20.6 Å². The van der Waals surface area contributed by atoms with E-state index >= 15 is 0 Å². The van der Waals surface area contributed by atoms with Crippen molar-refractivity contribution in [2.24, 2.45) is 0 Å². The smallest absolute Gasteiger partial charge is 0.269 e. The third kappa shape index (κ3) is 3.77. The maximum absolute atomic E-state index is 11.8. The molecule has 2 N–H and O–H groups in total. The number of amides is 1. The fraction of sp³-hybridized carbons (Fsp3) is 0.214. The number of carbonyl (C=O) groups is 1. The van der Waals surface area contributed by atoms with Gasteiger partial charge in [0.15, 0.2) is 0 Å². The van der Waals surface area contributed by atoms with Crippen LogP contribution < -0.4 is 10.6 Å². The highest BCUT2D eigenvalue weighted by atomic mass is 16.1. The third-order valence-corrected chi connectivity index (χ3v) is 2.44. The molecule has 0 fully saturated rings. The summed E-state index contributed by atoms with van der Waals surface area (Å²) in [5.41, 5.74) is 0.398. The highest BCUT2D eigenvalue weighted by Gasteiger charge is 2.07. The molecule has 0 aromatic carbocycles. The van der Waals surface area contributed by atoms with Crippen LogP contribution >= 0.6 is 0 Å². The monoisotopic (exact) mass is 256 g/mol. The fourth-order valence-electron chi connectivity index (χ4n) is 1.53. The molecule has 0 aliphatic rings. The van der Waals surface area contributed by atoms with Crippen molar-refractivity contribution < 1.29 is 4.79 Å². The Bertz CT molecular complexity index is 542. The Morgan fingerprint density at radius 2 is 2.00 bits per heavy atom. The highest BCUT2D eigenvalue weighted by Crippen LogP contribution is 2.11. The Balaban J connectivity index is 2.09. The molecule has 0 saturated heterocycles. The fourth-order valence-corrected chi connectivity index (χ4v) is 1.53. The van der Waals surface area contributed by atoms with Crippen LogP contribution in [0.2, 0.25) is 0 Å². The molecule has 19 heavy (non-hydrogen) atoms. The molecule has 0 unspecified atom stereocenters. The van der Waals surface area contributed by atoms with E-state index in [1.807, 2.05) is 25.1 Å². The molecule has 0 saturated carbocycles. The maximum atomic E-state index is 11.8. The van der Waals surface area contributed by atoms with Gasteiger partial charge in [-0.15, -0.1) is 0 Å². The minimum atomic E-state index is -0.161. The number of nitrogens with one attached hydrogen (secondary N) is 2. The van der Waals surface area contributed by atoms with Crippen LogP contribution in [-0.2, 0) is 0 Å². The van der Waals surface area contributed by atoms with Crippen molar-refractivity contribution in [2.45, 2.75) is 13.3 Å². The van der Waals surface area contributed by atoms with E-state index in [4.69, 9.17) is 0 Å². The molecule has 98 valence electrons. The first-order valence-electron chi connectivity index (χ1n) is 6.23.